The first kappa shape index (κ1) is 17.5. The molecule has 4 nitrogen and oxygen atoms in total. The quantitative estimate of drug-likeness (QED) is 0.858. The molecule has 2 rings (SSSR count). The Morgan fingerprint density at radius 3 is 2.08 bits per heavy atom. The highest BCUT2D eigenvalue weighted by Gasteiger charge is 2.30. The summed E-state index contributed by atoms with van der Waals surface area (Å²) < 4.78 is 42.7. The first-order chi connectivity index (χ1) is 11.2. The Morgan fingerprint density at radius 2 is 1.62 bits per heavy atom. The maximum absolute atomic E-state index is 12.6. The maximum atomic E-state index is 12.6. The lowest BCUT2D eigenvalue weighted by Gasteiger charge is -2.12. The number of hydrogen-bond acceptors (Lipinski definition) is 3. The van der Waals surface area contributed by atoms with Crippen molar-refractivity contribution in [2.24, 2.45) is 0 Å². The molecule has 24 heavy (non-hydrogen) atoms. The van der Waals surface area contributed by atoms with Crippen LogP contribution in [0.4, 0.5) is 13.2 Å². The van der Waals surface area contributed by atoms with E-state index in [4.69, 9.17) is 4.74 Å². The molecule has 0 radical (unpaired) electrons. The number of hydrogen-bond donors (Lipinski definition) is 1. The number of benzene rings is 2. The Balaban J connectivity index is 2.47. The lowest BCUT2D eigenvalue weighted by molar-refractivity contribution is -0.137. The molecular weight excluding hydrogens is 325 g/mol. The van der Waals surface area contributed by atoms with E-state index >= 15 is 0 Å². The second-order valence-corrected chi connectivity index (χ2v) is 5.02. The molecule has 126 valence electrons. The third-order valence-electron chi connectivity index (χ3n) is 3.58. The highest BCUT2D eigenvalue weighted by atomic mass is 19.4. The summed E-state index contributed by atoms with van der Waals surface area (Å²) in [5.41, 5.74) is -0.709. The Morgan fingerprint density at radius 1 is 1.04 bits per heavy atom. The first-order valence-electron chi connectivity index (χ1n) is 6.79. The highest BCUT2D eigenvalue weighted by Crippen LogP contribution is 2.30. The lowest BCUT2D eigenvalue weighted by Crippen LogP contribution is -2.11. The van der Waals surface area contributed by atoms with Crippen molar-refractivity contribution in [3.05, 3.63) is 64.2 Å². The fourth-order valence-electron chi connectivity index (χ4n) is 2.33. The van der Waals surface area contributed by atoms with Crippen molar-refractivity contribution in [3.8, 4) is 5.75 Å². The molecule has 0 heterocycles. The van der Waals surface area contributed by atoms with Crippen LogP contribution in [0.2, 0.25) is 0 Å². The van der Waals surface area contributed by atoms with E-state index < -0.39 is 23.5 Å². The van der Waals surface area contributed by atoms with Gasteiger partial charge < -0.3 is 9.84 Å². The predicted octanol–water partition coefficient (Wildman–Crippen LogP) is 3.95. The van der Waals surface area contributed by atoms with E-state index in [0.29, 0.717) is 0 Å². The molecule has 0 saturated heterocycles. The summed E-state index contributed by atoms with van der Waals surface area (Å²) in [5, 5.41) is 9.26. The van der Waals surface area contributed by atoms with Crippen molar-refractivity contribution in [2.75, 3.05) is 7.11 Å². The molecule has 2 aromatic carbocycles. The molecule has 1 N–H and O–H groups in total. The summed E-state index contributed by atoms with van der Waals surface area (Å²) in [6.45, 7) is 1.45. The van der Waals surface area contributed by atoms with Crippen LogP contribution in [-0.2, 0) is 6.18 Å². The van der Waals surface area contributed by atoms with Gasteiger partial charge in [0, 0.05) is 11.1 Å². The zero-order valence-corrected chi connectivity index (χ0v) is 12.8. The van der Waals surface area contributed by atoms with Gasteiger partial charge in [-0.2, -0.15) is 13.2 Å². The molecule has 7 heteroatoms. The third kappa shape index (κ3) is 3.24. The molecule has 0 aliphatic heterocycles. The normalized spacial score (nSPS) is 11.2. The smallest absolute Gasteiger partial charge is 0.416 e. The van der Waals surface area contributed by atoms with Crippen LogP contribution in [0.1, 0.15) is 37.4 Å². The number of carboxylic acids is 1. The minimum absolute atomic E-state index is 0.0348. The van der Waals surface area contributed by atoms with Crippen LogP contribution in [0.25, 0.3) is 0 Å². The number of ether oxygens (including phenoxy) is 1. The number of aromatic carboxylic acids is 1. The van der Waals surface area contributed by atoms with E-state index in [0.717, 1.165) is 24.3 Å². The Bertz CT molecular complexity index is 793. The summed E-state index contributed by atoms with van der Waals surface area (Å²) >= 11 is 0. The molecule has 0 amide bonds. The number of carbonyl (C=O) groups is 2. The maximum Gasteiger partial charge on any atom is 0.416 e. The first-order valence-corrected chi connectivity index (χ1v) is 6.79. The monoisotopic (exact) mass is 338 g/mol. The zero-order chi connectivity index (χ0) is 18.1. The second-order valence-electron chi connectivity index (χ2n) is 5.02. The molecular formula is C17H13F3O4. The number of methoxy groups -OCH3 is 1. The van der Waals surface area contributed by atoms with Crippen LogP contribution in [0, 0.1) is 6.92 Å². The van der Waals surface area contributed by atoms with Gasteiger partial charge >= 0.3 is 12.1 Å². The van der Waals surface area contributed by atoms with Crippen LogP contribution < -0.4 is 4.74 Å². The van der Waals surface area contributed by atoms with Crippen LogP contribution in [0.15, 0.2) is 36.4 Å². The van der Waals surface area contributed by atoms with Crippen molar-refractivity contribution in [1.29, 1.82) is 0 Å². The van der Waals surface area contributed by atoms with Gasteiger partial charge in [-0.1, -0.05) is 12.1 Å². The largest absolute Gasteiger partial charge is 0.496 e. The molecule has 0 aromatic heterocycles. The fraction of sp³-hybridized carbons (Fsp3) is 0.176. The molecule has 2 aromatic rings. The van der Waals surface area contributed by atoms with Gasteiger partial charge in [-0.25, -0.2) is 4.79 Å². The van der Waals surface area contributed by atoms with Crippen molar-refractivity contribution >= 4 is 11.8 Å². The molecule has 0 fully saturated rings. The molecule has 0 unspecified atom stereocenters. The number of rotatable bonds is 4. The van der Waals surface area contributed by atoms with Gasteiger partial charge in [-0.3, -0.25) is 4.79 Å². The van der Waals surface area contributed by atoms with E-state index in [1.54, 1.807) is 0 Å². The Hall–Kier alpha value is -2.83. The predicted molar refractivity (Wildman–Crippen MR) is 79.6 cm³/mol. The SMILES string of the molecule is COc1ccc(C(=O)c2ccc(C(F)(F)F)cc2)c(C)c1C(=O)O. The van der Waals surface area contributed by atoms with E-state index in [2.05, 4.69) is 0 Å². The van der Waals surface area contributed by atoms with Gasteiger partial charge in [0.2, 0.25) is 0 Å². The summed E-state index contributed by atoms with van der Waals surface area (Å²) in [6, 6.07) is 6.48. The van der Waals surface area contributed by atoms with Gasteiger partial charge in [-0.15, -0.1) is 0 Å². The lowest BCUT2D eigenvalue weighted by atomic mass is 9.94. The van der Waals surface area contributed by atoms with E-state index in [1.165, 1.54) is 26.2 Å². The van der Waals surface area contributed by atoms with Crippen molar-refractivity contribution in [2.45, 2.75) is 13.1 Å². The second kappa shape index (κ2) is 6.35. The minimum Gasteiger partial charge on any atom is -0.496 e. The average Bonchev–Trinajstić information content (AvgIpc) is 2.52. The van der Waals surface area contributed by atoms with Gasteiger partial charge in [0.05, 0.1) is 12.7 Å². The third-order valence-corrected chi connectivity index (χ3v) is 3.58. The number of alkyl halides is 3. The summed E-state index contributed by atoms with van der Waals surface area (Å²) in [4.78, 5) is 23.8. The van der Waals surface area contributed by atoms with Crippen LogP contribution in [0.3, 0.4) is 0 Å². The van der Waals surface area contributed by atoms with E-state index in [1.807, 2.05) is 0 Å². The van der Waals surface area contributed by atoms with Crippen molar-refractivity contribution in [1.82, 2.24) is 0 Å². The zero-order valence-electron chi connectivity index (χ0n) is 12.8. The summed E-state index contributed by atoms with van der Waals surface area (Å²) in [7, 11) is 1.30. The van der Waals surface area contributed by atoms with Gasteiger partial charge in [0.25, 0.3) is 0 Å². The highest BCUT2D eigenvalue weighted by molar-refractivity contribution is 6.11. The Labute approximate surface area is 135 Å². The molecule has 0 spiro atoms. The standard InChI is InChI=1S/C17H13F3O4/c1-9-12(7-8-13(24-2)14(9)16(22)23)15(21)10-3-5-11(6-4-10)17(18,19)20/h3-8H,1-2H3,(H,22,23). The molecule has 0 bridgehead atoms. The molecule has 0 atom stereocenters. The summed E-state index contributed by atoms with van der Waals surface area (Å²) in [6.07, 6.45) is -4.49. The van der Waals surface area contributed by atoms with Crippen molar-refractivity contribution in [3.63, 3.8) is 0 Å². The molecule has 0 aliphatic rings. The van der Waals surface area contributed by atoms with Gasteiger partial charge in [-0.05, 0) is 36.8 Å². The number of halogens is 3. The fourth-order valence-corrected chi connectivity index (χ4v) is 2.33. The van der Waals surface area contributed by atoms with E-state index in [-0.39, 0.29) is 28.0 Å². The average molecular weight is 338 g/mol. The minimum atomic E-state index is -4.49. The number of carbonyl (C=O) groups excluding carboxylic acids is 1. The number of carboxylic acid groups (broad SMARTS) is 1. The van der Waals surface area contributed by atoms with Gasteiger partial charge in [0.15, 0.2) is 5.78 Å². The van der Waals surface area contributed by atoms with Gasteiger partial charge in [0.1, 0.15) is 11.3 Å². The molecule has 0 saturated carbocycles. The van der Waals surface area contributed by atoms with Crippen LogP contribution in [-0.4, -0.2) is 24.0 Å². The Kier molecular flexibility index (Phi) is 4.64. The van der Waals surface area contributed by atoms with Crippen LogP contribution >= 0.6 is 0 Å². The van der Waals surface area contributed by atoms with Crippen LogP contribution in [0.5, 0.6) is 5.75 Å². The van der Waals surface area contributed by atoms with Crippen molar-refractivity contribution < 1.29 is 32.6 Å². The van der Waals surface area contributed by atoms with E-state index in [9.17, 15) is 27.9 Å². The molecule has 0 aliphatic carbocycles. The topological polar surface area (TPSA) is 63.6 Å². The summed E-state index contributed by atoms with van der Waals surface area (Å²) in [5.74, 6) is -1.72. The number of ketones is 1.